The molecule has 0 bridgehead atoms. The van der Waals surface area contributed by atoms with Crippen molar-refractivity contribution in [1.29, 1.82) is 0 Å². The molecule has 8 nitrogen and oxygen atoms in total. The van der Waals surface area contributed by atoms with Crippen LogP contribution < -0.4 is 0 Å². The second kappa shape index (κ2) is 6.16. The number of amides is 2. The number of nitrogens with zero attached hydrogens (tertiary/aromatic N) is 2. The maximum absolute atomic E-state index is 11.9. The molecule has 0 spiro atoms. The van der Waals surface area contributed by atoms with Crippen molar-refractivity contribution in [3.63, 3.8) is 0 Å². The van der Waals surface area contributed by atoms with Gasteiger partial charge in [-0.1, -0.05) is 17.7 Å². The highest BCUT2D eigenvalue weighted by atomic mass is 35.5. The standard InChI is InChI=1S/C12H7ClN2O6S/c13-7-2-1-6(3-8(7)15(20)21)4-9-11(18)14(5-10(16)17)12(19)22-9/h1-4H,5H2,(H,16,17)/b9-4+. The van der Waals surface area contributed by atoms with Gasteiger partial charge in [0.15, 0.2) is 0 Å². The minimum Gasteiger partial charge on any atom is -0.480 e. The van der Waals surface area contributed by atoms with E-state index >= 15 is 0 Å². The van der Waals surface area contributed by atoms with Gasteiger partial charge in [-0.3, -0.25) is 29.4 Å². The van der Waals surface area contributed by atoms with E-state index in [9.17, 15) is 24.5 Å². The van der Waals surface area contributed by atoms with E-state index < -0.39 is 28.6 Å². The maximum Gasteiger partial charge on any atom is 0.323 e. The Bertz CT molecular complexity index is 732. The summed E-state index contributed by atoms with van der Waals surface area (Å²) in [7, 11) is 0. The van der Waals surface area contributed by atoms with Crippen LogP contribution in [0.15, 0.2) is 23.1 Å². The van der Waals surface area contributed by atoms with Gasteiger partial charge in [-0.15, -0.1) is 0 Å². The van der Waals surface area contributed by atoms with Crippen LogP contribution >= 0.6 is 23.4 Å². The Hall–Kier alpha value is -2.39. The smallest absolute Gasteiger partial charge is 0.323 e. The molecule has 1 heterocycles. The topological polar surface area (TPSA) is 118 Å². The second-order valence-electron chi connectivity index (χ2n) is 4.13. The van der Waals surface area contributed by atoms with Gasteiger partial charge in [0.05, 0.1) is 9.83 Å². The lowest BCUT2D eigenvalue weighted by Gasteiger charge is -2.07. The normalized spacial score (nSPS) is 16.4. The maximum atomic E-state index is 11.9. The summed E-state index contributed by atoms with van der Waals surface area (Å²) in [5, 5.41) is 18.7. The third-order valence-electron chi connectivity index (χ3n) is 2.63. The average molecular weight is 343 g/mol. The Balaban J connectivity index is 2.33. The molecule has 1 aromatic rings. The molecule has 114 valence electrons. The highest BCUT2D eigenvalue weighted by Gasteiger charge is 2.36. The molecule has 1 saturated heterocycles. The molecule has 0 radical (unpaired) electrons. The van der Waals surface area contributed by atoms with Gasteiger partial charge < -0.3 is 5.11 Å². The van der Waals surface area contributed by atoms with Gasteiger partial charge in [0, 0.05) is 6.07 Å². The zero-order chi connectivity index (χ0) is 16.4. The predicted molar refractivity (Wildman–Crippen MR) is 78.4 cm³/mol. The fourth-order valence-corrected chi connectivity index (χ4v) is 2.71. The second-order valence-corrected chi connectivity index (χ2v) is 5.53. The highest BCUT2D eigenvalue weighted by molar-refractivity contribution is 8.18. The van der Waals surface area contributed by atoms with Crippen molar-refractivity contribution in [3.8, 4) is 0 Å². The number of halogens is 1. The van der Waals surface area contributed by atoms with Crippen LogP contribution in [-0.4, -0.2) is 38.6 Å². The molecule has 0 unspecified atom stereocenters. The number of nitro benzene ring substituents is 1. The van der Waals surface area contributed by atoms with E-state index in [2.05, 4.69) is 0 Å². The van der Waals surface area contributed by atoms with Gasteiger partial charge in [0.2, 0.25) is 0 Å². The van der Waals surface area contributed by atoms with Crippen LogP contribution in [0.5, 0.6) is 0 Å². The zero-order valence-corrected chi connectivity index (χ0v) is 12.3. The number of rotatable bonds is 4. The molecule has 2 amide bonds. The lowest BCUT2D eigenvalue weighted by molar-refractivity contribution is -0.384. The van der Waals surface area contributed by atoms with E-state index in [1.165, 1.54) is 18.2 Å². The van der Waals surface area contributed by atoms with Crippen molar-refractivity contribution >= 4 is 52.2 Å². The molecule has 1 N–H and O–H groups in total. The molecular formula is C12H7ClN2O6S. The van der Waals surface area contributed by atoms with Crippen LogP contribution in [0.2, 0.25) is 5.02 Å². The highest BCUT2D eigenvalue weighted by Crippen LogP contribution is 2.33. The van der Waals surface area contributed by atoms with Crippen molar-refractivity contribution in [2.45, 2.75) is 0 Å². The first-order chi connectivity index (χ1) is 10.3. The zero-order valence-electron chi connectivity index (χ0n) is 10.7. The summed E-state index contributed by atoms with van der Waals surface area (Å²) in [5.41, 5.74) is -0.0305. The number of hydrogen-bond donors (Lipinski definition) is 1. The molecule has 0 atom stereocenters. The molecule has 22 heavy (non-hydrogen) atoms. The molecule has 0 aliphatic carbocycles. The summed E-state index contributed by atoms with van der Waals surface area (Å²) in [5.74, 6) is -2.07. The lowest BCUT2D eigenvalue weighted by Crippen LogP contribution is -2.33. The summed E-state index contributed by atoms with van der Waals surface area (Å²) < 4.78 is 0. The van der Waals surface area contributed by atoms with Gasteiger partial charge >= 0.3 is 5.97 Å². The molecule has 2 rings (SSSR count). The number of aliphatic carboxylic acids is 1. The third-order valence-corrected chi connectivity index (χ3v) is 3.86. The number of carboxylic acid groups (broad SMARTS) is 1. The first-order valence-electron chi connectivity index (χ1n) is 5.70. The SMILES string of the molecule is O=C(O)CN1C(=O)S/C(=C/c2ccc(Cl)c([N+](=O)[O-])c2)C1=O. The van der Waals surface area contributed by atoms with E-state index in [0.29, 0.717) is 22.2 Å². The molecular weight excluding hydrogens is 336 g/mol. The Morgan fingerprint density at radius 2 is 2.14 bits per heavy atom. The van der Waals surface area contributed by atoms with Crippen molar-refractivity contribution in [3.05, 3.63) is 43.8 Å². The number of carboxylic acids is 1. The summed E-state index contributed by atoms with van der Waals surface area (Å²) in [6.07, 6.45) is 1.27. The fraction of sp³-hybridized carbons (Fsp3) is 0.0833. The Morgan fingerprint density at radius 3 is 2.73 bits per heavy atom. The van der Waals surface area contributed by atoms with Gasteiger partial charge in [-0.05, 0) is 29.5 Å². The first-order valence-corrected chi connectivity index (χ1v) is 6.90. The van der Waals surface area contributed by atoms with Gasteiger partial charge in [0.25, 0.3) is 16.8 Å². The number of hydrogen-bond acceptors (Lipinski definition) is 6. The van der Waals surface area contributed by atoms with Crippen LogP contribution in [0.25, 0.3) is 6.08 Å². The molecule has 0 aromatic heterocycles. The molecule has 1 aliphatic rings. The third kappa shape index (κ3) is 3.26. The van der Waals surface area contributed by atoms with E-state index in [1.807, 2.05) is 0 Å². The van der Waals surface area contributed by atoms with E-state index in [-0.39, 0.29) is 15.6 Å². The minimum atomic E-state index is -1.31. The number of imide groups is 1. The fourth-order valence-electron chi connectivity index (χ4n) is 1.68. The Morgan fingerprint density at radius 1 is 1.45 bits per heavy atom. The Kier molecular flexibility index (Phi) is 4.48. The first kappa shape index (κ1) is 16.0. The summed E-state index contributed by atoms with van der Waals surface area (Å²) in [6.45, 7) is -0.733. The number of thioether (sulfide) groups is 1. The lowest BCUT2D eigenvalue weighted by atomic mass is 10.2. The van der Waals surface area contributed by atoms with Crippen LogP contribution in [0.4, 0.5) is 10.5 Å². The molecule has 10 heteroatoms. The number of carbonyl (C=O) groups excluding carboxylic acids is 2. The van der Waals surface area contributed by atoms with Crippen LogP contribution in [-0.2, 0) is 9.59 Å². The van der Waals surface area contributed by atoms with Crippen molar-refractivity contribution in [2.24, 2.45) is 0 Å². The summed E-state index contributed by atoms with van der Waals surface area (Å²) >= 11 is 6.25. The van der Waals surface area contributed by atoms with Gasteiger partial charge in [0.1, 0.15) is 11.6 Å². The Labute approximate surface area is 132 Å². The van der Waals surface area contributed by atoms with E-state index in [1.54, 1.807) is 0 Å². The van der Waals surface area contributed by atoms with Gasteiger partial charge in [-0.25, -0.2) is 0 Å². The largest absolute Gasteiger partial charge is 0.480 e. The number of nitro groups is 1. The average Bonchev–Trinajstić information content (AvgIpc) is 2.68. The van der Waals surface area contributed by atoms with Crippen molar-refractivity contribution in [2.75, 3.05) is 6.54 Å². The van der Waals surface area contributed by atoms with Crippen LogP contribution in [0.3, 0.4) is 0 Å². The molecule has 1 fully saturated rings. The number of benzene rings is 1. The van der Waals surface area contributed by atoms with Crippen LogP contribution in [0.1, 0.15) is 5.56 Å². The quantitative estimate of drug-likeness (QED) is 0.507. The minimum absolute atomic E-state index is 0.0112. The van der Waals surface area contributed by atoms with Crippen molar-refractivity contribution in [1.82, 2.24) is 4.90 Å². The predicted octanol–water partition coefficient (Wildman–Crippen LogP) is 2.37. The molecule has 0 saturated carbocycles. The summed E-state index contributed by atoms with van der Waals surface area (Å²) in [4.78, 5) is 44.8. The number of carbonyl (C=O) groups is 3. The van der Waals surface area contributed by atoms with Crippen molar-refractivity contribution < 1.29 is 24.4 Å². The van der Waals surface area contributed by atoms with E-state index in [0.717, 1.165) is 6.07 Å². The molecule has 1 aromatic carbocycles. The molecule has 1 aliphatic heterocycles. The van der Waals surface area contributed by atoms with Crippen LogP contribution in [0, 0.1) is 10.1 Å². The summed E-state index contributed by atoms with van der Waals surface area (Å²) in [6, 6.07) is 3.90. The monoisotopic (exact) mass is 342 g/mol. The van der Waals surface area contributed by atoms with Gasteiger partial charge in [-0.2, -0.15) is 0 Å². The van der Waals surface area contributed by atoms with E-state index in [4.69, 9.17) is 16.7 Å².